The van der Waals surface area contributed by atoms with Gasteiger partial charge in [0.25, 0.3) is 0 Å². The monoisotopic (exact) mass is 386 g/mol. The number of carbonyl (C=O) groups is 1. The highest BCUT2D eigenvalue weighted by Crippen LogP contribution is 2.46. The largest absolute Gasteiger partial charge is 0.375 e. The Hall–Kier alpha value is -1.97. The number of halogens is 2. The fraction of sp³-hybridized carbons (Fsp3) is 0.286. The normalized spacial score (nSPS) is 23.7. The van der Waals surface area contributed by atoms with Gasteiger partial charge in [-0.1, -0.05) is 61.3 Å². The lowest BCUT2D eigenvalue weighted by atomic mass is 9.72. The van der Waals surface area contributed by atoms with Crippen molar-refractivity contribution in [2.24, 2.45) is 11.3 Å². The second-order valence-corrected chi connectivity index (χ2v) is 8.51. The van der Waals surface area contributed by atoms with Crippen molar-refractivity contribution in [2.45, 2.75) is 26.3 Å². The first-order chi connectivity index (χ1) is 12.3. The second-order valence-electron chi connectivity index (χ2n) is 7.67. The minimum absolute atomic E-state index is 0.177. The van der Waals surface area contributed by atoms with Gasteiger partial charge in [0, 0.05) is 22.2 Å². The fourth-order valence-electron chi connectivity index (χ4n) is 3.91. The smallest absolute Gasteiger partial charge is 0.145 e. The summed E-state index contributed by atoms with van der Waals surface area (Å²) >= 11 is 12.6. The highest BCUT2D eigenvalue weighted by molar-refractivity contribution is 6.35. The number of allylic oxidation sites excluding steroid dienone is 1. The molecular weight excluding hydrogens is 367 g/mol. The van der Waals surface area contributed by atoms with Crippen LogP contribution in [0.25, 0.3) is 0 Å². The van der Waals surface area contributed by atoms with E-state index in [-0.39, 0.29) is 23.2 Å². The van der Waals surface area contributed by atoms with Crippen molar-refractivity contribution in [3.05, 3.63) is 69.8 Å². The third kappa shape index (κ3) is 3.10. The van der Waals surface area contributed by atoms with Crippen molar-refractivity contribution in [1.82, 2.24) is 0 Å². The number of ketones is 1. The molecule has 0 amide bonds. The van der Waals surface area contributed by atoms with Crippen LogP contribution in [-0.4, -0.2) is 5.78 Å². The first-order valence-corrected chi connectivity index (χ1v) is 9.43. The van der Waals surface area contributed by atoms with Crippen molar-refractivity contribution in [3.63, 3.8) is 0 Å². The van der Waals surface area contributed by atoms with Gasteiger partial charge in [0.05, 0.1) is 23.3 Å². The van der Waals surface area contributed by atoms with Gasteiger partial charge in [0.2, 0.25) is 0 Å². The Bertz CT molecular complexity index is 920. The lowest BCUT2D eigenvalue weighted by Gasteiger charge is -2.35. The highest BCUT2D eigenvalue weighted by Gasteiger charge is 2.42. The molecule has 2 N–H and O–H groups in total. The molecule has 0 saturated heterocycles. The van der Waals surface area contributed by atoms with Crippen LogP contribution < -0.4 is 10.6 Å². The standard InChI is InChI=1S/C21H20Cl2N2O/c1-21(2)10-17-19(18(26)11-21)20(13-8-7-12(22)9-14(13)23)25-16-6-4-3-5-15(16)24-17/h3-10,19-20,24-25H,11H2,1-2H3. The number of fused-ring (bicyclic) bond motifs is 2. The molecule has 0 bridgehead atoms. The first kappa shape index (κ1) is 17.4. The van der Waals surface area contributed by atoms with Crippen LogP contribution in [0.3, 0.4) is 0 Å². The number of para-hydroxylation sites is 2. The quantitative estimate of drug-likeness (QED) is 0.624. The predicted molar refractivity (Wildman–Crippen MR) is 108 cm³/mol. The molecule has 134 valence electrons. The molecule has 1 heterocycles. The van der Waals surface area contributed by atoms with Crippen LogP contribution in [0.15, 0.2) is 54.2 Å². The fourth-order valence-corrected chi connectivity index (χ4v) is 4.43. The minimum atomic E-state index is -0.325. The van der Waals surface area contributed by atoms with Crippen LogP contribution in [0.5, 0.6) is 0 Å². The maximum absolute atomic E-state index is 13.1. The van der Waals surface area contributed by atoms with E-state index in [9.17, 15) is 4.79 Å². The number of nitrogens with one attached hydrogen (secondary N) is 2. The van der Waals surface area contributed by atoms with Gasteiger partial charge in [-0.3, -0.25) is 4.79 Å². The SMILES string of the molecule is CC1(C)C=C2Nc3ccccc3NC(c3ccc(Cl)cc3Cl)C2C(=O)C1. The van der Waals surface area contributed by atoms with E-state index in [2.05, 4.69) is 30.6 Å². The Labute approximate surface area is 163 Å². The topological polar surface area (TPSA) is 41.1 Å². The number of benzene rings is 2. The van der Waals surface area contributed by atoms with E-state index in [4.69, 9.17) is 23.2 Å². The van der Waals surface area contributed by atoms with Gasteiger partial charge in [0.1, 0.15) is 5.78 Å². The highest BCUT2D eigenvalue weighted by atomic mass is 35.5. The number of hydrogen-bond donors (Lipinski definition) is 2. The van der Waals surface area contributed by atoms with E-state index in [0.29, 0.717) is 16.5 Å². The Balaban J connectivity index is 1.90. The zero-order valence-corrected chi connectivity index (χ0v) is 16.2. The molecule has 5 heteroatoms. The molecule has 1 aliphatic carbocycles. The van der Waals surface area contributed by atoms with Gasteiger partial charge >= 0.3 is 0 Å². The Morgan fingerprint density at radius 3 is 2.54 bits per heavy atom. The summed E-state index contributed by atoms with van der Waals surface area (Å²) in [6, 6.07) is 13.2. The summed E-state index contributed by atoms with van der Waals surface area (Å²) in [4.78, 5) is 13.1. The summed E-state index contributed by atoms with van der Waals surface area (Å²) < 4.78 is 0. The summed E-state index contributed by atoms with van der Waals surface area (Å²) in [5.41, 5.74) is 3.54. The van der Waals surface area contributed by atoms with Gasteiger partial charge in [-0.2, -0.15) is 0 Å². The molecule has 2 aromatic rings. The van der Waals surface area contributed by atoms with Gasteiger partial charge in [-0.15, -0.1) is 0 Å². The summed E-state index contributed by atoms with van der Waals surface area (Å²) in [5, 5.41) is 8.17. The molecule has 2 atom stereocenters. The number of Topliss-reactive ketones (excluding diaryl/α,β-unsaturated/α-hetero) is 1. The van der Waals surface area contributed by atoms with Crippen LogP contribution >= 0.6 is 23.2 Å². The number of anilines is 2. The molecule has 3 nitrogen and oxygen atoms in total. The zero-order valence-electron chi connectivity index (χ0n) is 14.6. The predicted octanol–water partition coefficient (Wildman–Crippen LogP) is 6.07. The molecule has 2 aliphatic rings. The van der Waals surface area contributed by atoms with E-state index in [1.54, 1.807) is 6.07 Å². The lowest BCUT2D eigenvalue weighted by Crippen LogP contribution is -2.36. The van der Waals surface area contributed by atoms with E-state index < -0.39 is 0 Å². The van der Waals surface area contributed by atoms with Crippen molar-refractivity contribution in [2.75, 3.05) is 10.6 Å². The molecule has 2 aromatic carbocycles. The molecule has 0 saturated carbocycles. The molecule has 1 aliphatic heterocycles. The summed E-state index contributed by atoms with van der Waals surface area (Å²) in [6.07, 6.45) is 2.68. The minimum Gasteiger partial charge on any atom is -0.375 e. The van der Waals surface area contributed by atoms with Crippen LogP contribution in [0.2, 0.25) is 10.0 Å². The third-order valence-electron chi connectivity index (χ3n) is 5.01. The Morgan fingerprint density at radius 1 is 1.08 bits per heavy atom. The summed E-state index contributed by atoms with van der Waals surface area (Å²) in [6.45, 7) is 4.18. The van der Waals surface area contributed by atoms with Crippen molar-refractivity contribution < 1.29 is 4.79 Å². The molecule has 26 heavy (non-hydrogen) atoms. The Morgan fingerprint density at radius 2 is 1.81 bits per heavy atom. The molecule has 0 spiro atoms. The van der Waals surface area contributed by atoms with Crippen molar-refractivity contribution in [3.8, 4) is 0 Å². The molecular formula is C21H20Cl2N2O. The maximum Gasteiger partial charge on any atom is 0.145 e. The average Bonchev–Trinajstić information content (AvgIpc) is 2.69. The van der Waals surface area contributed by atoms with Gasteiger partial charge in [0.15, 0.2) is 0 Å². The number of hydrogen-bond acceptors (Lipinski definition) is 3. The lowest BCUT2D eigenvalue weighted by molar-refractivity contribution is -0.124. The van der Waals surface area contributed by atoms with Crippen LogP contribution in [0.4, 0.5) is 11.4 Å². The third-order valence-corrected chi connectivity index (χ3v) is 5.57. The molecule has 2 unspecified atom stereocenters. The second kappa shape index (κ2) is 6.33. The maximum atomic E-state index is 13.1. The summed E-state index contributed by atoms with van der Waals surface area (Å²) in [5.74, 6) is -0.120. The van der Waals surface area contributed by atoms with Gasteiger partial charge in [-0.05, 0) is 35.2 Å². The zero-order chi connectivity index (χ0) is 18.5. The van der Waals surface area contributed by atoms with Crippen LogP contribution in [-0.2, 0) is 4.79 Å². The average molecular weight is 387 g/mol. The van der Waals surface area contributed by atoms with E-state index >= 15 is 0 Å². The molecule has 0 aromatic heterocycles. The molecule has 4 rings (SSSR count). The van der Waals surface area contributed by atoms with E-state index in [1.165, 1.54) is 0 Å². The summed E-state index contributed by atoms with van der Waals surface area (Å²) in [7, 11) is 0. The Kier molecular flexibility index (Phi) is 4.25. The molecule has 0 radical (unpaired) electrons. The number of carbonyl (C=O) groups excluding carboxylic acids is 1. The molecule has 0 fully saturated rings. The van der Waals surface area contributed by atoms with Crippen LogP contribution in [0, 0.1) is 11.3 Å². The van der Waals surface area contributed by atoms with Gasteiger partial charge in [-0.25, -0.2) is 0 Å². The van der Waals surface area contributed by atoms with E-state index in [1.807, 2.05) is 36.4 Å². The van der Waals surface area contributed by atoms with Crippen LogP contribution in [0.1, 0.15) is 31.9 Å². The number of rotatable bonds is 1. The van der Waals surface area contributed by atoms with Gasteiger partial charge < -0.3 is 10.6 Å². The van der Waals surface area contributed by atoms with Crippen molar-refractivity contribution >= 4 is 40.4 Å². The first-order valence-electron chi connectivity index (χ1n) is 8.67. The van der Waals surface area contributed by atoms with Crippen molar-refractivity contribution in [1.29, 1.82) is 0 Å². The van der Waals surface area contributed by atoms with E-state index in [0.717, 1.165) is 22.6 Å².